The Balaban J connectivity index is 1.51. The second kappa shape index (κ2) is 14.4. The highest BCUT2D eigenvalue weighted by Gasteiger charge is 2.47. The van der Waals surface area contributed by atoms with Crippen molar-refractivity contribution in [3.05, 3.63) is 47.1 Å². The van der Waals surface area contributed by atoms with Gasteiger partial charge in [-0.3, -0.25) is 0 Å². The van der Waals surface area contributed by atoms with Crippen LogP contribution in [0.4, 0.5) is 0 Å². The first-order valence-corrected chi connectivity index (χ1v) is 24.8. The van der Waals surface area contributed by atoms with Crippen LogP contribution >= 0.6 is 0 Å². The Morgan fingerprint density at radius 1 is 0.958 bits per heavy atom. The molecule has 5 nitrogen and oxygen atoms in total. The lowest BCUT2D eigenvalue weighted by Crippen LogP contribution is -2.49. The van der Waals surface area contributed by atoms with Crippen molar-refractivity contribution in [2.75, 3.05) is 6.61 Å². The zero-order valence-corrected chi connectivity index (χ0v) is 35.1. The Bertz CT molecular complexity index is 1290. The van der Waals surface area contributed by atoms with Gasteiger partial charge < -0.3 is 18.3 Å². The van der Waals surface area contributed by atoms with E-state index >= 15 is 0 Å². The summed E-state index contributed by atoms with van der Waals surface area (Å²) in [6, 6.07) is 0. The van der Waals surface area contributed by atoms with Gasteiger partial charge in [-0.15, -0.1) is 0 Å². The molecule has 0 aromatic heterocycles. The number of hydrogen-bond donors (Lipinski definition) is 0. The van der Waals surface area contributed by atoms with Crippen LogP contribution in [0, 0.1) is 11.3 Å². The fourth-order valence-corrected chi connectivity index (χ4v) is 10.7. The minimum atomic E-state index is -2.01. The summed E-state index contributed by atoms with van der Waals surface area (Å²) in [4.78, 5) is 12.7. The minimum absolute atomic E-state index is 0.0159. The van der Waals surface area contributed by atoms with Gasteiger partial charge in [0.15, 0.2) is 16.6 Å². The first-order valence-electron chi connectivity index (χ1n) is 19.0. The normalized spacial score (nSPS) is 30.8. The molecule has 0 amide bonds. The molecular weight excluding hydrogens is 629 g/mol. The van der Waals surface area contributed by atoms with Gasteiger partial charge >= 0.3 is 5.97 Å². The van der Waals surface area contributed by atoms with Crippen molar-refractivity contribution in [3.8, 4) is 0 Å². The standard InChI is InChI=1S/C41H70O5Si2/c1-29-32(26-33(45-47(11,12)38(3,4)5)27-36(29)46-48(13,14)39(6,7)8)20-19-31-18-17-25-41(10)34(21-22-35(31)41)30(2)43-28-37(42)44-40(9)23-15-16-24-40/h19-21,30,33,35-36H,1,15-18,22-28H2,2-14H3/b31-19+,32-20-/t30?,33-,35+,36+,41-/m1/s1. The molecule has 3 saturated carbocycles. The molecule has 5 atom stereocenters. The van der Waals surface area contributed by atoms with Crippen molar-refractivity contribution in [2.24, 2.45) is 11.3 Å². The maximum absolute atomic E-state index is 12.7. The van der Waals surface area contributed by atoms with E-state index in [0.717, 1.165) is 69.8 Å². The van der Waals surface area contributed by atoms with Crippen LogP contribution in [0.25, 0.3) is 0 Å². The zero-order chi connectivity index (χ0) is 35.9. The van der Waals surface area contributed by atoms with Crippen molar-refractivity contribution in [2.45, 2.75) is 187 Å². The van der Waals surface area contributed by atoms with Gasteiger partial charge in [0, 0.05) is 6.42 Å². The summed E-state index contributed by atoms with van der Waals surface area (Å²) >= 11 is 0. The molecule has 48 heavy (non-hydrogen) atoms. The second-order valence-electron chi connectivity index (χ2n) is 19.1. The quantitative estimate of drug-likeness (QED) is 0.129. The third-order valence-corrected chi connectivity index (χ3v) is 22.3. The highest BCUT2D eigenvalue weighted by atomic mass is 28.4. The molecule has 0 N–H and O–H groups in total. The summed E-state index contributed by atoms with van der Waals surface area (Å²) in [5.74, 6) is 0.214. The van der Waals surface area contributed by atoms with Gasteiger partial charge in [-0.05, 0) is 136 Å². The van der Waals surface area contributed by atoms with Gasteiger partial charge in [0.05, 0.1) is 18.3 Å². The smallest absolute Gasteiger partial charge is 0.332 e. The fraction of sp³-hybridized carbons (Fsp3) is 0.780. The third kappa shape index (κ3) is 8.78. The topological polar surface area (TPSA) is 54.0 Å². The number of fused-ring (bicyclic) bond motifs is 1. The lowest BCUT2D eigenvalue weighted by atomic mass is 9.63. The highest BCUT2D eigenvalue weighted by molar-refractivity contribution is 6.74. The number of rotatable bonds is 10. The monoisotopic (exact) mass is 698 g/mol. The van der Waals surface area contributed by atoms with Gasteiger partial charge in [0.1, 0.15) is 12.2 Å². The molecule has 0 heterocycles. The molecule has 0 aromatic carbocycles. The van der Waals surface area contributed by atoms with Gasteiger partial charge in [-0.2, -0.15) is 0 Å². The number of hydrogen-bond acceptors (Lipinski definition) is 5. The van der Waals surface area contributed by atoms with Gasteiger partial charge in [-0.1, -0.05) is 78.8 Å². The van der Waals surface area contributed by atoms with E-state index in [-0.39, 0.29) is 52.0 Å². The molecule has 4 rings (SSSR count). The van der Waals surface area contributed by atoms with E-state index in [9.17, 15) is 4.79 Å². The fourth-order valence-electron chi connectivity index (χ4n) is 8.06. The zero-order valence-electron chi connectivity index (χ0n) is 33.1. The molecule has 4 aliphatic rings. The van der Waals surface area contributed by atoms with Crippen molar-refractivity contribution >= 4 is 22.6 Å². The predicted octanol–water partition coefficient (Wildman–Crippen LogP) is 11.4. The molecule has 272 valence electrons. The largest absolute Gasteiger partial charge is 0.458 e. The van der Waals surface area contributed by atoms with E-state index in [0.29, 0.717) is 5.92 Å². The molecule has 0 saturated heterocycles. The minimum Gasteiger partial charge on any atom is -0.458 e. The average molecular weight is 699 g/mol. The molecule has 0 spiro atoms. The predicted molar refractivity (Wildman–Crippen MR) is 205 cm³/mol. The number of ether oxygens (including phenoxy) is 2. The second-order valence-corrected chi connectivity index (χ2v) is 28.6. The number of allylic oxidation sites excluding steroid dienone is 4. The molecular formula is C41H70O5Si2. The van der Waals surface area contributed by atoms with E-state index in [1.807, 2.05) is 0 Å². The molecule has 3 fully saturated rings. The molecule has 1 unspecified atom stereocenters. The Morgan fingerprint density at radius 2 is 1.56 bits per heavy atom. The molecule has 0 aromatic rings. The van der Waals surface area contributed by atoms with Gasteiger partial charge in [0.25, 0.3) is 0 Å². The van der Waals surface area contributed by atoms with Crippen molar-refractivity contribution in [1.29, 1.82) is 0 Å². The Morgan fingerprint density at radius 3 is 2.17 bits per heavy atom. The summed E-state index contributed by atoms with van der Waals surface area (Å²) in [6.07, 6.45) is 17.6. The van der Waals surface area contributed by atoms with E-state index in [1.165, 1.54) is 16.7 Å². The van der Waals surface area contributed by atoms with E-state index < -0.39 is 16.6 Å². The lowest BCUT2D eigenvalue weighted by molar-refractivity contribution is -0.164. The van der Waals surface area contributed by atoms with Crippen LogP contribution in [0.15, 0.2) is 47.1 Å². The van der Waals surface area contributed by atoms with Crippen molar-refractivity contribution in [1.82, 2.24) is 0 Å². The van der Waals surface area contributed by atoms with Crippen LogP contribution in [0.5, 0.6) is 0 Å². The maximum Gasteiger partial charge on any atom is 0.332 e. The van der Waals surface area contributed by atoms with Crippen LogP contribution in [0.3, 0.4) is 0 Å². The van der Waals surface area contributed by atoms with Gasteiger partial charge in [-0.25, -0.2) is 4.79 Å². The Kier molecular flexibility index (Phi) is 11.9. The van der Waals surface area contributed by atoms with Crippen molar-refractivity contribution < 1.29 is 23.1 Å². The van der Waals surface area contributed by atoms with Crippen molar-refractivity contribution in [3.63, 3.8) is 0 Å². The average Bonchev–Trinajstić information content (AvgIpc) is 3.53. The molecule has 0 radical (unpaired) electrons. The molecule has 7 heteroatoms. The first kappa shape index (κ1) is 39.5. The van der Waals surface area contributed by atoms with Crippen LogP contribution in [-0.2, 0) is 23.1 Å². The molecule has 0 aliphatic heterocycles. The SMILES string of the molecule is C=C1/C(=C\C=C2/CCC[C@]3(C)C(C(C)OCC(=O)OC4(C)CCCC4)=CC[C@@H]23)C[C@@H](O[Si](C)(C)C(C)(C)C)C[C@@H]1O[Si](C)(C)C(C)(C)C. The Labute approximate surface area is 296 Å². The summed E-state index contributed by atoms with van der Waals surface area (Å²) < 4.78 is 26.2. The molecule has 4 aliphatic carbocycles. The summed E-state index contributed by atoms with van der Waals surface area (Å²) in [7, 11) is -3.97. The first-order chi connectivity index (χ1) is 22.0. The van der Waals surface area contributed by atoms with Crippen LogP contribution in [-0.4, -0.2) is 53.1 Å². The number of carbonyl (C=O) groups is 1. The molecule has 0 bridgehead atoms. The van der Waals surface area contributed by atoms with E-state index in [1.54, 1.807) is 0 Å². The van der Waals surface area contributed by atoms with E-state index in [4.69, 9.17) is 18.3 Å². The van der Waals surface area contributed by atoms with Gasteiger partial charge in [0.2, 0.25) is 0 Å². The van der Waals surface area contributed by atoms with E-state index in [2.05, 4.69) is 113 Å². The van der Waals surface area contributed by atoms with Crippen LogP contribution in [0.2, 0.25) is 36.3 Å². The summed E-state index contributed by atoms with van der Waals surface area (Å²) in [6.45, 7) is 34.6. The summed E-state index contributed by atoms with van der Waals surface area (Å²) in [5.41, 5.74) is 5.00. The lowest BCUT2D eigenvalue weighted by Gasteiger charge is -2.45. The van der Waals surface area contributed by atoms with Crippen LogP contribution in [0.1, 0.15) is 127 Å². The van der Waals surface area contributed by atoms with Crippen LogP contribution < -0.4 is 0 Å². The maximum atomic E-state index is 12.7. The number of esters is 1. The Hall–Kier alpha value is -1.26. The number of carbonyl (C=O) groups excluding carboxylic acids is 1. The highest BCUT2D eigenvalue weighted by Crippen LogP contribution is 2.56. The summed E-state index contributed by atoms with van der Waals surface area (Å²) in [5, 5.41) is 0.277. The third-order valence-electron chi connectivity index (χ3n) is 13.3.